The minimum atomic E-state index is -5.08. The van der Waals surface area contributed by atoms with E-state index in [0.717, 1.165) is 46.8 Å². The summed E-state index contributed by atoms with van der Waals surface area (Å²) in [6.07, 6.45) is -4.36. The molecule has 0 fully saturated rings. The van der Waals surface area contributed by atoms with Crippen molar-refractivity contribution in [3.8, 4) is 17.4 Å². The van der Waals surface area contributed by atoms with Gasteiger partial charge in [0.25, 0.3) is 0 Å². The number of carboxylic acids is 1. The van der Waals surface area contributed by atoms with Crippen molar-refractivity contribution in [3.63, 3.8) is 0 Å². The molecule has 0 atom stereocenters. The summed E-state index contributed by atoms with van der Waals surface area (Å²) in [5, 5.41) is 10.5. The third-order valence-corrected chi connectivity index (χ3v) is 4.12. The van der Waals surface area contributed by atoms with Crippen molar-refractivity contribution in [1.82, 2.24) is 4.98 Å². The summed E-state index contributed by atoms with van der Waals surface area (Å²) < 4.78 is 43.2. The minimum Gasteiger partial charge on any atom is -0.494 e. The predicted octanol–water partition coefficient (Wildman–Crippen LogP) is 3.28. The van der Waals surface area contributed by atoms with Gasteiger partial charge < -0.3 is 31.4 Å². The number of anilines is 2. The van der Waals surface area contributed by atoms with E-state index < -0.39 is 12.1 Å². The predicted molar refractivity (Wildman–Crippen MR) is 105 cm³/mol. The molecule has 1 aliphatic rings. The first-order valence-electron chi connectivity index (χ1n) is 9.11. The molecule has 6 N–H and O–H groups in total. The number of aliphatic carboxylic acids is 1. The Morgan fingerprint density at radius 2 is 2.03 bits per heavy atom. The normalized spacial score (nSPS) is 11.9. The molecule has 1 aromatic carbocycles. The molecule has 0 saturated carbocycles. The fourth-order valence-corrected chi connectivity index (χ4v) is 2.83. The molecule has 0 unspecified atom stereocenters. The topological polar surface area (TPSA) is 133 Å². The number of halogens is 3. The van der Waals surface area contributed by atoms with Crippen LogP contribution in [0.5, 0.6) is 17.4 Å². The van der Waals surface area contributed by atoms with Crippen LogP contribution in [0.2, 0.25) is 0 Å². The van der Waals surface area contributed by atoms with E-state index in [9.17, 15) is 13.2 Å². The zero-order chi connectivity index (χ0) is 22.5. The van der Waals surface area contributed by atoms with E-state index in [1.165, 1.54) is 0 Å². The van der Waals surface area contributed by atoms with Crippen LogP contribution in [-0.2, 0) is 17.8 Å². The number of nitrogens with two attached hydrogens (primary N) is 2. The summed E-state index contributed by atoms with van der Waals surface area (Å²) in [5.74, 6) is -0.262. The number of carbonyl (C=O) groups is 1. The van der Waals surface area contributed by atoms with Gasteiger partial charge in [0, 0.05) is 36.7 Å². The third kappa shape index (κ3) is 5.23. The van der Waals surface area contributed by atoms with Crippen LogP contribution in [0.4, 0.5) is 24.7 Å². The van der Waals surface area contributed by atoms with Gasteiger partial charge in [-0.15, -0.1) is 0 Å². The van der Waals surface area contributed by atoms with Gasteiger partial charge in [0.1, 0.15) is 17.3 Å². The van der Waals surface area contributed by atoms with E-state index in [-0.39, 0.29) is 0 Å². The molecule has 8 nitrogen and oxygen atoms in total. The number of pyridine rings is 1. The Morgan fingerprint density at radius 1 is 1.37 bits per heavy atom. The average Bonchev–Trinajstić information content (AvgIpc) is 2.67. The highest BCUT2D eigenvalue weighted by Crippen LogP contribution is 2.42. The number of aromatic nitrogens is 1. The molecular formula is C19H23F3N4O4. The van der Waals surface area contributed by atoms with E-state index in [1.54, 1.807) is 0 Å². The van der Waals surface area contributed by atoms with E-state index in [1.807, 2.05) is 32.0 Å². The smallest absolute Gasteiger partial charge is 0.490 e. The largest absolute Gasteiger partial charge is 0.494 e. The molecule has 2 aromatic rings. The summed E-state index contributed by atoms with van der Waals surface area (Å²) in [6.45, 7) is 5.72. The summed E-state index contributed by atoms with van der Waals surface area (Å²) >= 11 is 0. The lowest BCUT2D eigenvalue weighted by Gasteiger charge is -2.25. The molecule has 0 aliphatic carbocycles. The number of carboxylic acid groups (broad SMARTS) is 1. The number of hydrogen-bond donors (Lipinski definition) is 4. The van der Waals surface area contributed by atoms with E-state index in [2.05, 4.69) is 10.3 Å². The Morgan fingerprint density at radius 3 is 2.57 bits per heavy atom. The molecular weight excluding hydrogens is 405 g/mol. The van der Waals surface area contributed by atoms with Crippen molar-refractivity contribution in [2.45, 2.75) is 33.0 Å². The van der Waals surface area contributed by atoms with Crippen LogP contribution in [0, 0.1) is 0 Å². The van der Waals surface area contributed by atoms with Gasteiger partial charge in [-0.25, -0.2) is 4.79 Å². The number of fused-ring (bicyclic) bond motifs is 2. The lowest BCUT2D eigenvalue weighted by molar-refractivity contribution is -0.192. The molecule has 11 heteroatoms. The van der Waals surface area contributed by atoms with Crippen molar-refractivity contribution in [3.05, 3.63) is 34.9 Å². The quantitative estimate of drug-likeness (QED) is 0.487. The molecule has 2 heterocycles. The van der Waals surface area contributed by atoms with Crippen LogP contribution in [0.15, 0.2) is 18.2 Å². The fraction of sp³-hybridized carbons (Fsp3) is 0.368. The Bertz CT molecular complexity index is 920. The van der Waals surface area contributed by atoms with Gasteiger partial charge in [-0.2, -0.15) is 18.2 Å². The van der Waals surface area contributed by atoms with Crippen LogP contribution in [0.1, 0.15) is 30.5 Å². The second-order valence-electron chi connectivity index (χ2n) is 6.15. The summed E-state index contributed by atoms with van der Waals surface area (Å²) in [5.41, 5.74) is 15.8. The highest BCUT2D eigenvalue weighted by molar-refractivity contribution is 5.73. The van der Waals surface area contributed by atoms with Crippen LogP contribution < -0.4 is 26.3 Å². The highest BCUT2D eigenvalue weighted by Gasteiger charge is 2.38. The zero-order valence-electron chi connectivity index (χ0n) is 16.5. The van der Waals surface area contributed by atoms with Crippen molar-refractivity contribution < 1.29 is 32.5 Å². The maximum Gasteiger partial charge on any atom is 0.490 e. The van der Waals surface area contributed by atoms with Gasteiger partial charge in [-0.3, -0.25) is 0 Å². The van der Waals surface area contributed by atoms with Crippen molar-refractivity contribution >= 4 is 17.5 Å². The van der Waals surface area contributed by atoms with Crippen molar-refractivity contribution in [2.75, 3.05) is 24.2 Å². The lowest BCUT2D eigenvalue weighted by atomic mass is 9.98. The Hall–Kier alpha value is -3.21. The van der Waals surface area contributed by atoms with Gasteiger partial charge in [0.2, 0.25) is 5.88 Å². The first-order chi connectivity index (χ1) is 14.1. The van der Waals surface area contributed by atoms with Crippen molar-refractivity contribution in [2.24, 2.45) is 5.73 Å². The second kappa shape index (κ2) is 9.53. The second-order valence-corrected chi connectivity index (χ2v) is 6.15. The van der Waals surface area contributed by atoms with Crippen LogP contribution in [-0.4, -0.2) is 35.4 Å². The van der Waals surface area contributed by atoms with Crippen LogP contribution in [0.3, 0.4) is 0 Å². The van der Waals surface area contributed by atoms with E-state index >= 15 is 0 Å². The lowest BCUT2D eigenvalue weighted by Crippen LogP contribution is -2.21. The SMILES string of the molecule is CCNc1c(CN)c(N)nc2c1Cc1ccc(OCC)cc1O2.O=C(O)C(F)(F)F. The number of nitrogens with one attached hydrogen (secondary N) is 1. The van der Waals surface area contributed by atoms with Gasteiger partial charge in [0.15, 0.2) is 0 Å². The maximum atomic E-state index is 10.6. The van der Waals surface area contributed by atoms with Gasteiger partial charge in [0.05, 0.1) is 12.3 Å². The maximum absolute atomic E-state index is 10.6. The Labute approximate surface area is 171 Å². The molecule has 0 spiro atoms. The monoisotopic (exact) mass is 428 g/mol. The molecule has 1 aliphatic heterocycles. The number of ether oxygens (including phenoxy) is 2. The zero-order valence-corrected chi connectivity index (χ0v) is 16.5. The number of alkyl halides is 3. The standard InChI is InChI=1S/C17H22N4O2.C2HF3O2/c1-3-20-15-12-7-10-5-6-11(22-4-2)8-14(10)23-17(12)21-16(19)13(15)9-18;3-2(4,5)1(6)7/h5-6,8H,3-4,7,9,18H2,1-2H3,(H3,19,20,21);(H,6,7). The first kappa shape index (κ1) is 23.1. The first-order valence-corrected chi connectivity index (χ1v) is 9.11. The number of nitrogens with zero attached hydrogens (tertiary/aromatic N) is 1. The van der Waals surface area contributed by atoms with E-state index in [4.69, 9.17) is 30.8 Å². The van der Waals surface area contributed by atoms with Crippen LogP contribution in [0.25, 0.3) is 0 Å². The molecule has 1 aromatic heterocycles. The highest BCUT2D eigenvalue weighted by atomic mass is 19.4. The van der Waals surface area contributed by atoms with Crippen molar-refractivity contribution in [1.29, 1.82) is 0 Å². The van der Waals surface area contributed by atoms with Gasteiger partial charge >= 0.3 is 12.1 Å². The third-order valence-electron chi connectivity index (χ3n) is 4.12. The molecule has 164 valence electrons. The molecule has 0 radical (unpaired) electrons. The van der Waals surface area contributed by atoms with E-state index in [0.29, 0.717) is 24.8 Å². The molecule has 0 bridgehead atoms. The number of benzene rings is 1. The summed E-state index contributed by atoms with van der Waals surface area (Å²) in [4.78, 5) is 13.3. The average molecular weight is 428 g/mol. The molecule has 3 rings (SSSR count). The van der Waals surface area contributed by atoms with Gasteiger partial charge in [-0.1, -0.05) is 6.07 Å². The number of rotatable bonds is 5. The number of hydrogen-bond acceptors (Lipinski definition) is 7. The number of nitrogen functional groups attached to an aromatic ring is 1. The molecule has 0 saturated heterocycles. The fourth-order valence-electron chi connectivity index (χ4n) is 2.83. The van der Waals surface area contributed by atoms with Crippen LogP contribution >= 0.6 is 0 Å². The Balaban J connectivity index is 0.000000396. The minimum absolute atomic E-state index is 0.338. The summed E-state index contributed by atoms with van der Waals surface area (Å²) in [6, 6.07) is 5.87. The van der Waals surface area contributed by atoms with Gasteiger partial charge in [-0.05, 0) is 25.5 Å². The molecule has 0 amide bonds. The molecule has 30 heavy (non-hydrogen) atoms. The Kier molecular flexibility index (Phi) is 7.33. The summed E-state index contributed by atoms with van der Waals surface area (Å²) in [7, 11) is 0.